The van der Waals surface area contributed by atoms with Crippen LogP contribution in [0.5, 0.6) is 0 Å². The molecule has 2 atom stereocenters. The molecule has 0 bridgehead atoms. The molecule has 1 saturated heterocycles. The molecule has 0 aromatic carbocycles. The molecule has 1 aromatic heterocycles. The zero-order chi connectivity index (χ0) is 12.1. The largest absolute Gasteiger partial charge is 0.375 e. The molecule has 0 radical (unpaired) electrons. The van der Waals surface area contributed by atoms with Crippen LogP contribution in [0.25, 0.3) is 0 Å². The molecule has 6 heteroatoms. The third-order valence-corrected chi connectivity index (χ3v) is 2.67. The lowest BCUT2D eigenvalue weighted by Crippen LogP contribution is -2.39. The molecule has 1 N–H and O–H groups in total. The predicted octanol–water partition coefficient (Wildman–Crippen LogP) is 0.698. The monoisotopic (exact) mass is 241 g/mol. The van der Waals surface area contributed by atoms with Crippen LogP contribution in [0, 0.1) is 0 Å². The van der Waals surface area contributed by atoms with E-state index >= 15 is 0 Å². The second-order valence-electron chi connectivity index (χ2n) is 4.04. The summed E-state index contributed by atoms with van der Waals surface area (Å²) in [6, 6.07) is 0. The van der Waals surface area contributed by atoms with Gasteiger partial charge in [0, 0.05) is 19.7 Å². The molecule has 17 heavy (non-hydrogen) atoms. The fraction of sp³-hybridized carbons (Fsp3) is 0.818. The molecule has 1 aromatic rings. The second kappa shape index (κ2) is 6.09. The van der Waals surface area contributed by atoms with Crippen LogP contribution in [-0.2, 0) is 15.9 Å². The van der Waals surface area contributed by atoms with Crippen LogP contribution >= 0.6 is 0 Å². The van der Waals surface area contributed by atoms with E-state index in [9.17, 15) is 0 Å². The molecule has 0 aliphatic carbocycles. The van der Waals surface area contributed by atoms with E-state index in [0.29, 0.717) is 24.7 Å². The van der Waals surface area contributed by atoms with Crippen molar-refractivity contribution < 1.29 is 14.0 Å². The van der Waals surface area contributed by atoms with Gasteiger partial charge in [-0.15, -0.1) is 0 Å². The molecular formula is C11H19N3O3. The van der Waals surface area contributed by atoms with E-state index in [4.69, 9.17) is 14.0 Å². The Morgan fingerprint density at radius 1 is 1.59 bits per heavy atom. The fourth-order valence-electron chi connectivity index (χ4n) is 1.79. The smallest absolute Gasteiger partial charge is 0.229 e. The molecule has 2 rings (SSSR count). The SMILES string of the molecule is CCOC(C)c1noc(CC2CNCCO2)n1. The molecule has 1 fully saturated rings. The summed E-state index contributed by atoms with van der Waals surface area (Å²) in [6.07, 6.45) is 0.654. The summed E-state index contributed by atoms with van der Waals surface area (Å²) in [7, 11) is 0. The minimum Gasteiger partial charge on any atom is -0.375 e. The van der Waals surface area contributed by atoms with Gasteiger partial charge in [-0.1, -0.05) is 5.16 Å². The Hall–Kier alpha value is -0.980. The quantitative estimate of drug-likeness (QED) is 0.818. The van der Waals surface area contributed by atoms with Gasteiger partial charge < -0.3 is 19.3 Å². The Morgan fingerprint density at radius 3 is 3.18 bits per heavy atom. The van der Waals surface area contributed by atoms with Gasteiger partial charge in [0.05, 0.1) is 19.1 Å². The first-order chi connectivity index (χ1) is 8.29. The zero-order valence-electron chi connectivity index (χ0n) is 10.3. The summed E-state index contributed by atoms with van der Waals surface area (Å²) in [5.41, 5.74) is 0. The van der Waals surface area contributed by atoms with E-state index in [2.05, 4.69) is 15.5 Å². The summed E-state index contributed by atoms with van der Waals surface area (Å²) in [5.74, 6) is 1.21. The molecule has 2 heterocycles. The minimum absolute atomic E-state index is 0.122. The lowest BCUT2D eigenvalue weighted by molar-refractivity contribution is 0.0246. The van der Waals surface area contributed by atoms with Crippen molar-refractivity contribution >= 4 is 0 Å². The maximum atomic E-state index is 5.58. The highest BCUT2D eigenvalue weighted by molar-refractivity contribution is 4.92. The normalized spacial score (nSPS) is 22.6. The third-order valence-electron chi connectivity index (χ3n) is 2.67. The summed E-state index contributed by atoms with van der Waals surface area (Å²) in [4.78, 5) is 4.31. The molecule has 96 valence electrons. The standard InChI is InChI=1S/C11H19N3O3/c1-3-15-8(2)11-13-10(17-14-11)6-9-7-12-4-5-16-9/h8-9,12H,3-7H2,1-2H3. The van der Waals surface area contributed by atoms with Crippen molar-refractivity contribution in [2.24, 2.45) is 0 Å². The second-order valence-corrected chi connectivity index (χ2v) is 4.04. The first-order valence-corrected chi connectivity index (χ1v) is 6.06. The van der Waals surface area contributed by atoms with Gasteiger partial charge in [0.25, 0.3) is 0 Å². The van der Waals surface area contributed by atoms with Gasteiger partial charge in [0.15, 0.2) is 5.82 Å². The average Bonchev–Trinajstić information content (AvgIpc) is 2.79. The van der Waals surface area contributed by atoms with E-state index < -0.39 is 0 Å². The van der Waals surface area contributed by atoms with Crippen molar-refractivity contribution in [1.29, 1.82) is 0 Å². The molecule has 1 aliphatic heterocycles. The van der Waals surface area contributed by atoms with E-state index in [1.165, 1.54) is 0 Å². The maximum absolute atomic E-state index is 5.58. The topological polar surface area (TPSA) is 69.4 Å². The lowest BCUT2D eigenvalue weighted by atomic mass is 10.2. The highest BCUT2D eigenvalue weighted by Crippen LogP contribution is 2.14. The van der Waals surface area contributed by atoms with Gasteiger partial charge in [-0.2, -0.15) is 4.98 Å². The van der Waals surface area contributed by atoms with Gasteiger partial charge in [-0.3, -0.25) is 0 Å². The van der Waals surface area contributed by atoms with Crippen LogP contribution < -0.4 is 5.32 Å². The molecule has 0 amide bonds. The van der Waals surface area contributed by atoms with Crippen molar-refractivity contribution in [3.05, 3.63) is 11.7 Å². The number of ether oxygens (including phenoxy) is 2. The lowest BCUT2D eigenvalue weighted by Gasteiger charge is -2.21. The molecule has 1 aliphatic rings. The number of aromatic nitrogens is 2. The van der Waals surface area contributed by atoms with Gasteiger partial charge in [-0.05, 0) is 13.8 Å². The van der Waals surface area contributed by atoms with Crippen LogP contribution in [-0.4, -0.2) is 42.5 Å². The van der Waals surface area contributed by atoms with E-state index in [1.54, 1.807) is 0 Å². The summed E-state index contributed by atoms with van der Waals surface area (Å²) in [6.45, 7) is 6.98. The highest BCUT2D eigenvalue weighted by Gasteiger charge is 2.19. The minimum atomic E-state index is -0.122. The first kappa shape index (κ1) is 12.5. The van der Waals surface area contributed by atoms with Gasteiger partial charge >= 0.3 is 0 Å². The average molecular weight is 241 g/mol. The highest BCUT2D eigenvalue weighted by atomic mass is 16.5. The third kappa shape index (κ3) is 3.49. The van der Waals surface area contributed by atoms with Crippen molar-refractivity contribution in [2.75, 3.05) is 26.3 Å². The van der Waals surface area contributed by atoms with Crippen LogP contribution in [0.15, 0.2) is 4.52 Å². The number of hydrogen-bond donors (Lipinski definition) is 1. The number of nitrogens with zero attached hydrogens (tertiary/aromatic N) is 2. The number of hydrogen-bond acceptors (Lipinski definition) is 6. The Bertz CT molecular complexity index is 336. The van der Waals surface area contributed by atoms with E-state index in [0.717, 1.165) is 19.7 Å². The molecule has 6 nitrogen and oxygen atoms in total. The van der Waals surface area contributed by atoms with Crippen molar-refractivity contribution in [3.63, 3.8) is 0 Å². The van der Waals surface area contributed by atoms with E-state index in [-0.39, 0.29) is 12.2 Å². The van der Waals surface area contributed by atoms with Crippen molar-refractivity contribution in [2.45, 2.75) is 32.5 Å². The number of morpholine rings is 1. The Balaban J connectivity index is 1.88. The maximum Gasteiger partial charge on any atom is 0.229 e. The van der Waals surface area contributed by atoms with Gasteiger partial charge in [0.1, 0.15) is 6.10 Å². The fourth-order valence-corrected chi connectivity index (χ4v) is 1.79. The van der Waals surface area contributed by atoms with Crippen molar-refractivity contribution in [1.82, 2.24) is 15.5 Å². The zero-order valence-corrected chi connectivity index (χ0v) is 10.3. The summed E-state index contributed by atoms with van der Waals surface area (Å²) < 4.78 is 16.2. The molecule has 0 spiro atoms. The molecular weight excluding hydrogens is 222 g/mol. The van der Waals surface area contributed by atoms with Crippen LogP contribution in [0.4, 0.5) is 0 Å². The Morgan fingerprint density at radius 2 is 2.47 bits per heavy atom. The Kier molecular flexibility index (Phi) is 4.47. The molecule has 2 unspecified atom stereocenters. The van der Waals surface area contributed by atoms with Gasteiger partial charge in [-0.25, -0.2) is 0 Å². The number of nitrogens with one attached hydrogen (secondary N) is 1. The van der Waals surface area contributed by atoms with Crippen LogP contribution in [0.1, 0.15) is 31.7 Å². The molecule has 0 saturated carbocycles. The van der Waals surface area contributed by atoms with E-state index in [1.807, 2.05) is 13.8 Å². The van der Waals surface area contributed by atoms with Crippen LogP contribution in [0.2, 0.25) is 0 Å². The summed E-state index contributed by atoms with van der Waals surface area (Å²) in [5, 5.41) is 7.18. The first-order valence-electron chi connectivity index (χ1n) is 6.06. The number of rotatable bonds is 5. The van der Waals surface area contributed by atoms with Crippen molar-refractivity contribution in [3.8, 4) is 0 Å². The summed E-state index contributed by atoms with van der Waals surface area (Å²) >= 11 is 0. The van der Waals surface area contributed by atoms with Gasteiger partial charge in [0.2, 0.25) is 5.89 Å². The van der Waals surface area contributed by atoms with Crippen LogP contribution in [0.3, 0.4) is 0 Å². The predicted molar refractivity (Wildman–Crippen MR) is 60.7 cm³/mol. The Labute approximate surface area is 101 Å².